The van der Waals surface area contributed by atoms with Gasteiger partial charge in [0, 0.05) is 0 Å². The summed E-state index contributed by atoms with van der Waals surface area (Å²) >= 11 is 9.65. The number of H-pyrrole nitrogens is 1. The fourth-order valence-corrected chi connectivity index (χ4v) is 6.71. The van der Waals surface area contributed by atoms with E-state index in [0.29, 0.717) is 0 Å². The van der Waals surface area contributed by atoms with Crippen molar-refractivity contribution >= 4 is 63.8 Å². The SMILES string of the molecule is Nc1nc2c(ncn2[C@@H]2O[C@H](CO)[C@@H](F)[C@H]2OP(=S)(S)OC[C@H]2O[C@@H](n3cnc4c(N)ncnc43)[C@@H](F)[C@@H]2O)c(=O)[nH]1. The van der Waals surface area contributed by atoms with E-state index >= 15 is 8.78 Å². The standard InChI is InChI=1S/C20H23F2N10O7PS2/c21-8-6(1-33)37-19(32-5-28-11-16(32)29-20(24)30-17(11)35)13(8)39-40(41,42)36-2-7-12(34)9(22)18(38-7)31-4-27-10-14(23)25-3-26-15(10)31/h3-9,12-13,18-19,33-34H,1-2H2,(H,41,42)(H2,23,25,26)(H3,24,29,30,35)/t6-,7-,8-,9+,12-,13-,18-,19-/m1/s1. The van der Waals surface area contributed by atoms with Crippen LogP contribution in [0.1, 0.15) is 12.5 Å². The number of aliphatic hydroxyl groups excluding tert-OH is 2. The molecule has 9 atom stereocenters. The Balaban J connectivity index is 1.19. The maximum Gasteiger partial charge on any atom is 0.280 e. The molecule has 0 radical (unpaired) electrons. The summed E-state index contributed by atoms with van der Waals surface area (Å²) in [5.74, 6) is -0.138. The fourth-order valence-electron chi connectivity index (χ4n) is 4.78. The lowest BCUT2D eigenvalue weighted by atomic mass is 10.1. The first-order valence-electron chi connectivity index (χ1n) is 12.2. The topological polar surface area (TPSA) is 237 Å². The lowest BCUT2D eigenvalue weighted by Gasteiger charge is -2.27. The Morgan fingerprint density at radius 3 is 2.50 bits per heavy atom. The quantitative estimate of drug-likeness (QED) is 0.104. The third kappa shape index (κ3) is 5.03. The van der Waals surface area contributed by atoms with Crippen LogP contribution in [0.15, 0.2) is 23.8 Å². The van der Waals surface area contributed by atoms with Crippen molar-refractivity contribution in [2.24, 2.45) is 0 Å². The number of thiol groups is 1. The maximum absolute atomic E-state index is 15.4. The van der Waals surface area contributed by atoms with Crippen LogP contribution in [0.2, 0.25) is 0 Å². The molecular weight excluding hydrogens is 625 g/mol. The molecule has 0 aliphatic carbocycles. The molecular formula is C20H23F2N10O7PS2. The number of nitrogens with one attached hydrogen (secondary N) is 1. The molecule has 2 fully saturated rings. The van der Waals surface area contributed by atoms with E-state index in [1.807, 2.05) is 0 Å². The van der Waals surface area contributed by atoms with Crippen molar-refractivity contribution in [3.63, 3.8) is 0 Å². The highest BCUT2D eigenvalue weighted by Gasteiger charge is 2.50. The average Bonchev–Trinajstić information content (AvgIpc) is 3.69. The van der Waals surface area contributed by atoms with Crippen LogP contribution in [0.3, 0.4) is 0 Å². The Morgan fingerprint density at radius 1 is 1.07 bits per heavy atom. The highest BCUT2D eigenvalue weighted by molar-refractivity contribution is 8.60. The summed E-state index contributed by atoms with van der Waals surface area (Å²) in [6, 6.07) is 0. The van der Waals surface area contributed by atoms with Gasteiger partial charge in [0.15, 0.2) is 47.4 Å². The van der Waals surface area contributed by atoms with Gasteiger partial charge in [-0.3, -0.25) is 18.9 Å². The van der Waals surface area contributed by atoms with Crippen molar-refractivity contribution in [2.45, 2.75) is 49.2 Å². The number of imidazole rings is 2. The van der Waals surface area contributed by atoms with Gasteiger partial charge in [-0.1, -0.05) is 12.2 Å². The van der Waals surface area contributed by atoms with Crippen LogP contribution in [0.5, 0.6) is 0 Å². The molecule has 42 heavy (non-hydrogen) atoms. The van der Waals surface area contributed by atoms with E-state index in [1.165, 1.54) is 28.1 Å². The number of rotatable bonds is 8. The van der Waals surface area contributed by atoms with Gasteiger partial charge < -0.3 is 40.2 Å². The number of halogens is 2. The van der Waals surface area contributed by atoms with Gasteiger partial charge >= 0.3 is 0 Å². The van der Waals surface area contributed by atoms with Crippen LogP contribution in [0.4, 0.5) is 20.5 Å². The van der Waals surface area contributed by atoms with Crippen LogP contribution >= 0.6 is 17.9 Å². The van der Waals surface area contributed by atoms with Crippen LogP contribution in [-0.4, -0.2) is 99.2 Å². The van der Waals surface area contributed by atoms with Crippen LogP contribution in [0.25, 0.3) is 22.3 Å². The number of nitrogen functional groups attached to an aromatic ring is 2. The smallest absolute Gasteiger partial charge is 0.280 e. The van der Waals surface area contributed by atoms with Gasteiger partial charge in [0.2, 0.25) is 11.6 Å². The number of alkyl halides is 2. The number of aromatic amines is 1. The van der Waals surface area contributed by atoms with Gasteiger partial charge in [-0.25, -0.2) is 28.7 Å². The van der Waals surface area contributed by atoms with Crippen molar-refractivity contribution in [1.29, 1.82) is 0 Å². The first-order chi connectivity index (χ1) is 20.0. The van der Waals surface area contributed by atoms with Gasteiger partial charge in [-0.05, 0) is 11.8 Å². The number of ether oxygens (including phenoxy) is 2. The van der Waals surface area contributed by atoms with E-state index in [9.17, 15) is 15.0 Å². The van der Waals surface area contributed by atoms with Gasteiger partial charge in [0.25, 0.3) is 5.56 Å². The van der Waals surface area contributed by atoms with E-state index in [2.05, 4.69) is 42.2 Å². The minimum Gasteiger partial charge on any atom is -0.394 e. The number of anilines is 2. The Morgan fingerprint density at radius 2 is 1.76 bits per heavy atom. The normalized spacial score (nSPS) is 31.3. The maximum atomic E-state index is 15.4. The molecule has 0 amide bonds. The molecule has 7 N–H and O–H groups in total. The number of fused-ring (bicyclic) bond motifs is 2. The summed E-state index contributed by atoms with van der Waals surface area (Å²) in [6.07, 6.45) is -8.63. The molecule has 0 aromatic carbocycles. The molecule has 226 valence electrons. The first-order valence-corrected chi connectivity index (χ1v) is 16.0. The Hall–Kier alpha value is -2.88. The molecule has 2 saturated heterocycles. The summed E-state index contributed by atoms with van der Waals surface area (Å²) in [6.45, 7) is -1.19. The predicted octanol–water partition coefficient (Wildman–Crippen LogP) is -0.496. The monoisotopic (exact) mass is 648 g/mol. The second kappa shape index (κ2) is 11.0. The van der Waals surface area contributed by atoms with Crippen LogP contribution in [0, 0.1) is 0 Å². The molecule has 2 aliphatic rings. The van der Waals surface area contributed by atoms with Gasteiger partial charge in [0.05, 0.1) is 25.9 Å². The largest absolute Gasteiger partial charge is 0.394 e. The Kier molecular flexibility index (Phi) is 7.64. The van der Waals surface area contributed by atoms with Gasteiger partial charge in [-0.15, -0.1) is 0 Å². The molecule has 17 nitrogen and oxygen atoms in total. The molecule has 0 bridgehead atoms. The lowest BCUT2D eigenvalue weighted by molar-refractivity contribution is -0.0505. The number of hydrogen-bond donors (Lipinski definition) is 6. The van der Waals surface area contributed by atoms with E-state index in [1.54, 1.807) is 0 Å². The molecule has 6 rings (SSSR count). The Labute approximate surface area is 243 Å². The molecule has 6 heterocycles. The molecule has 4 aromatic rings. The molecule has 1 unspecified atom stereocenters. The Bertz CT molecular complexity index is 1740. The van der Waals surface area contributed by atoms with Crippen LogP contribution in [-0.2, 0) is 30.3 Å². The number of aliphatic hydroxyl groups is 2. The minimum absolute atomic E-state index is 0.0319. The van der Waals surface area contributed by atoms with Crippen molar-refractivity contribution in [2.75, 3.05) is 24.7 Å². The van der Waals surface area contributed by atoms with Gasteiger partial charge in [0.1, 0.15) is 36.3 Å². The van der Waals surface area contributed by atoms with E-state index < -0.39 is 73.7 Å². The molecule has 0 saturated carbocycles. The summed E-state index contributed by atoms with van der Waals surface area (Å²) in [5.41, 5.74) is 7.44. The molecule has 2 aliphatic heterocycles. The zero-order valence-electron chi connectivity index (χ0n) is 21.0. The van der Waals surface area contributed by atoms with Crippen molar-refractivity contribution in [3.8, 4) is 0 Å². The van der Waals surface area contributed by atoms with E-state index in [0.717, 1.165) is 0 Å². The average molecular weight is 649 g/mol. The highest BCUT2D eigenvalue weighted by Crippen LogP contribution is 2.57. The van der Waals surface area contributed by atoms with E-state index in [-0.39, 0.29) is 34.1 Å². The second-order valence-corrected chi connectivity index (χ2v) is 14.6. The first kappa shape index (κ1) is 29.2. The summed E-state index contributed by atoms with van der Waals surface area (Å²) in [7, 11) is 0. The number of aromatic nitrogens is 8. The summed E-state index contributed by atoms with van der Waals surface area (Å²) in [5, 5.41) is 20.2. The highest BCUT2D eigenvalue weighted by atomic mass is 32.9. The lowest BCUT2D eigenvalue weighted by Crippen LogP contribution is -2.33. The zero-order valence-corrected chi connectivity index (χ0v) is 23.6. The van der Waals surface area contributed by atoms with E-state index in [4.69, 9.17) is 41.8 Å². The molecule has 4 aromatic heterocycles. The third-order valence-electron chi connectivity index (χ3n) is 6.78. The number of nitrogens with two attached hydrogens (primary N) is 2. The molecule has 0 spiro atoms. The summed E-state index contributed by atoms with van der Waals surface area (Å²) in [4.78, 5) is 34.5. The van der Waals surface area contributed by atoms with Crippen LogP contribution < -0.4 is 17.0 Å². The van der Waals surface area contributed by atoms with Crippen molar-refractivity contribution in [3.05, 3.63) is 29.3 Å². The molecule has 22 heteroatoms. The number of nitrogens with zero attached hydrogens (tertiary/aromatic N) is 7. The van der Waals surface area contributed by atoms with Crippen molar-refractivity contribution in [1.82, 2.24) is 39.0 Å². The van der Waals surface area contributed by atoms with Crippen molar-refractivity contribution < 1.29 is 37.5 Å². The number of hydrogen-bond acceptors (Lipinski definition) is 15. The zero-order chi connectivity index (χ0) is 29.9. The third-order valence-corrected chi connectivity index (χ3v) is 8.97. The summed E-state index contributed by atoms with van der Waals surface area (Å²) < 4.78 is 55.7. The second-order valence-electron chi connectivity index (χ2n) is 9.38. The minimum atomic E-state index is -3.65. The predicted molar refractivity (Wildman–Crippen MR) is 147 cm³/mol. The fraction of sp³-hybridized carbons (Fsp3) is 0.500. The van der Waals surface area contributed by atoms with Gasteiger partial charge in [-0.2, -0.15) is 4.98 Å².